The van der Waals surface area contributed by atoms with Crippen LogP contribution in [-0.2, 0) is 0 Å². The Morgan fingerprint density at radius 3 is 2.00 bits per heavy atom. The third-order valence-corrected chi connectivity index (χ3v) is 2.62. The fourth-order valence-corrected chi connectivity index (χ4v) is 1.60. The second-order valence-electron chi connectivity index (χ2n) is 3.72. The smallest absolute Gasteiger partial charge is 0.267 e. The Morgan fingerprint density at radius 1 is 1.12 bits per heavy atom. The fraction of sp³-hybridized carbons (Fsp3) is 0.500. The van der Waals surface area contributed by atoms with Gasteiger partial charge in [0.2, 0.25) is 0 Å². The van der Waals surface area contributed by atoms with Crippen LogP contribution < -0.4 is 9.47 Å². The molecular formula is C12H16F2O3. The number of benzene rings is 1. The predicted octanol–water partition coefficient (Wildman–Crippen LogP) is 2.74. The normalized spacial score (nSPS) is 12.6. The molecule has 0 saturated carbocycles. The lowest BCUT2D eigenvalue weighted by Gasteiger charge is -2.17. The van der Waals surface area contributed by atoms with E-state index >= 15 is 0 Å². The summed E-state index contributed by atoms with van der Waals surface area (Å²) in [7, 11) is 2.74. The maximum absolute atomic E-state index is 12.8. The molecule has 0 aliphatic heterocycles. The Balaban J connectivity index is 3.32. The van der Waals surface area contributed by atoms with E-state index in [0.717, 1.165) is 0 Å². The highest BCUT2D eigenvalue weighted by atomic mass is 19.3. The van der Waals surface area contributed by atoms with Gasteiger partial charge >= 0.3 is 0 Å². The quantitative estimate of drug-likeness (QED) is 0.868. The number of alkyl halides is 2. The third kappa shape index (κ3) is 2.85. The molecule has 0 bridgehead atoms. The van der Waals surface area contributed by atoms with Gasteiger partial charge in [-0.15, -0.1) is 0 Å². The summed E-state index contributed by atoms with van der Waals surface area (Å²) >= 11 is 0. The summed E-state index contributed by atoms with van der Waals surface area (Å²) in [5.74, 6) is 0.240. The second-order valence-corrected chi connectivity index (χ2v) is 3.72. The molecule has 1 aromatic rings. The molecule has 3 nitrogen and oxygen atoms in total. The van der Waals surface area contributed by atoms with Crippen molar-refractivity contribution in [2.75, 3.05) is 20.8 Å². The van der Waals surface area contributed by atoms with E-state index in [1.807, 2.05) is 0 Å². The molecule has 1 aromatic carbocycles. The zero-order valence-electron chi connectivity index (χ0n) is 10.0. The van der Waals surface area contributed by atoms with Crippen molar-refractivity contribution in [2.24, 2.45) is 0 Å². The summed E-state index contributed by atoms with van der Waals surface area (Å²) in [5.41, 5.74) is 0.439. The number of halogens is 2. The van der Waals surface area contributed by atoms with Crippen molar-refractivity contribution in [1.29, 1.82) is 0 Å². The van der Waals surface area contributed by atoms with Crippen molar-refractivity contribution < 1.29 is 23.4 Å². The fourth-order valence-electron chi connectivity index (χ4n) is 1.60. The highest BCUT2D eigenvalue weighted by Crippen LogP contribution is 2.37. The molecular weight excluding hydrogens is 230 g/mol. The molecule has 0 spiro atoms. The van der Waals surface area contributed by atoms with Crippen molar-refractivity contribution in [3.63, 3.8) is 0 Å². The van der Waals surface area contributed by atoms with E-state index < -0.39 is 6.43 Å². The van der Waals surface area contributed by atoms with E-state index in [1.165, 1.54) is 26.4 Å². The molecule has 1 unspecified atom stereocenters. The summed E-state index contributed by atoms with van der Waals surface area (Å²) in [5, 5.41) is 9.11. The SMILES string of the molecule is COc1cc(C(C)CO)c(OC)cc1C(F)F. The number of ether oxygens (including phenoxy) is 2. The van der Waals surface area contributed by atoms with Crippen LogP contribution in [0.25, 0.3) is 0 Å². The molecule has 1 N–H and O–H groups in total. The predicted molar refractivity (Wildman–Crippen MR) is 60.0 cm³/mol. The van der Waals surface area contributed by atoms with Crippen LogP contribution in [-0.4, -0.2) is 25.9 Å². The standard InChI is InChI=1S/C12H16F2O3/c1-7(6-15)8-4-11(17-3)9(12(13)14)5-10(8)16-2/h4-5,7,12,15H,6H2,1-3H3. The van der Waals surface area contributed by atoms with Gasteiger partial charge in [0.15, 0.2) is 0 Å². The summed E-state index contributed by atoms with van der Waals surface area (Å²) in [6.45, 7) is 1.69. The van der Waals surface area contributed by atoms with Crippen LogP contribution in [0.4, 0.5) is 8.78 Å². The second kappa shape index (κ2) is 5.82. The monoisotopic (exact) mass is 246 g/mol. The van der Waals surface area contributed by atoms with Gasteiger partial charge in [-0.2, -0.15) is 0 Å². The van der Waals surface area contributed by atoms with Crippen molar-refractivity contribution >= 4 is 0 Å². The average Bonchev–Trinajstić information content (AvgIpc) is 2.35. The Hall–Kier alpha value is -1.36. The lowest BCUT2D eigenvalue weighted by molar-refractivity contribution is 0.146. The number of hydrogen-bond acceptors (Lipinski definition) is 3. The molecule has 1 atom stereocenters. The minimum atomic E-state index is -2.63. The summed E-state index contributed by atoms with van der Waals surface area (Å²) < 4.78 is 35.5. The van der Waals surface area contributed by atoms with Crippen LogP contribution in [0.15, 0.2) is 12.1 Å². The number of aliphatic hydroxyl groups excluding tert-OH is 1. The van der Waals surface area contributed by atoms with Gasteiger partial charge in [0, 0.05) is 18.1 Å². The molecule has 96 valence electrons. The molecule has 0 aliphatic carbocycles. The van der Waals surface area contributed by atoms with Crippen LogP contribution in [0.5, 0.6) is 11.5 Å². The van der Waals surface area contributed by atoms with Gasteiger partial charge in [-0.05, 0) is 12.1 Å². The van der Waals surface area contributed by atoms with E-state index in [2.05, 4.69) is 0 Å². The average molecular weight is 246 g/mol. The highest BCUT2D eigenvalue weighted by Gasteiger charge is 2.20. The molecule has 1 rings (SSSR count). The first-order valence-electron chi connectivity index (χ1n) is 5.20. The molecule has 17 heavy (non-hydrogen) atoms. The molecule has 0 amide bonds. The summed E-state index contributed by atoms with van der Waals surface area (Å²) in [6.07, 6.45) is -2.63. The topological polar surface area (TPSA) is 38.7 Å². The Bertz CT molecular complexity index is 380. The molecule has 5 heteroatoms. The van der Waals surface area contributed by atoms with Gasteiger partial charge in [0.25, 0.3) is 6.43 Å². The summed E-state index contributed by atoms with van der Waals surface area (Å²) in [4.78, 5) is 0. The maximum atomic E-state index is 12.8. The largest absolute Gasteiger partial charge is 0.496 e. The maximum Gasteiger partial charge on any atom is 0.267 e. The molecule has 0 heterocycles. The zero-order chi connectivity index (χ0) is 13.0. The van der Waals surface area contributed by atoms with Crippen LogP contribution in [0, 0.1) is 0 Å². The van der Waals surface area contributed by atoms with Gasteiger partial charge in [0.1, 0.15) is 11.5 Å². The van der Waals surface area contributed by atoms with Gasteiger partial charge < -0.3 is 14.6 Å². The van der Waals surface area contributed by atoms with Crippen molar-refractivity contribution in [1.82, 2.24) is 0 Å². The van der Waals surface area contributed by atoms with Gasteiger partial charge in [-0.1, -0.05) is 6.92 Å². The molecule has 0 fully saturated rings. The molecule has 0 aliphatic rings. The van der Waals surface area contributed by atoms with E-state index in [1.54, 1.807) is 6.92 Å². The van der Waals surface area contributed by atoms with Crippen molar-refractivity contribution in [2.45, 2.75) is 19.3 Å². The van der Waals surface area contributed by atoms with E-state index in [0.29, 0.717) is 11.3 Å². The molecule has 0 radical (unpaired) electrons. The minimum Gasteiger partial charge on any atom is -0.496 e. The molecule has 0 saturated heterocycles. The van der Waals surface area contributed by atoms with Crippen LogP contribution in [0.3, 0.4) is 0 Å². The van der Waals surface area contributed by atoms with Crippen LogP contribution >= 0.6 is 0 Å². The van der Waals surface area contributed by atoms with Crippen LogP contribution in [0.1, 0.15) is 30.4 Å². The lowest BCUT2D eigenvalue weighted by atomic mass is 9.98. The number of aliphatic hydroxyl groups is 1. The first-order chi connectivity index (χ1) is 8.04. The number of hydrogen-bond donors (Lipinski definition) is 1. The van der Waals surface area contributed by atoms with Crippen LogP contribution in [0.2, 0.25) is 0 Å². The highest BCUT2D eigenvalue weighted by molar-refractivity contribution is 5.48. The first kappa shape index (κ1) is 13.7. The minimum absolute atomic E-state index is 0.0897. The Kier molecular flexibility index (Phi) is 4.69. The molecule has 0 aromatic heterocycles. The van der Waals surface area contributed by atoms with E-state index in [9.17, 15) is 8.78 Å². The Labute approximate surface area is 99.0 Å². The van der Waals surface area contributed by atoms with Crippen molar-refractivity contribution in [3.05, 3.63) is 23.3 Å². The van der Waals surface area contributed by atoms with E-state index in [-0.39, 0.29) is 23.8 Å². The first-order valence-corrected chi connectivity index (χ1v) is 5.20. The van der Waals surface area contributed by atoms with Gasteiger partial charge in [0.05, 0.1) is 19.8 Å². The number of methoxy groups -OCH3 is 2. The van der Waals surface area contributed by atoms with Gasteiger partial charge in [-0.3, -0.25) is 0 Å². The summed E-state index contributed by atoms with van der Waals surface area (Å²) in [6, 6.07) is 2.74. The van der Waals surface area contributed by atoms with E-state index in [4.69, 9.17) is 14.6 Å². The number of rotatable bonds is 5. The van der Waals surface area contributed by atoms with Crippen molar-refractivity contribution in [3.8, 4) is 11.5 Å². The Morgan fingerprint density at radius 2 is 1.59 bits per heavy atom. The third-order valence-electron chi connectivity index (χ3n) is 2.62. The van der Waals surface area contributed by atoms with Gasteiger partial charge in [-0.25, -0.2) is 8.78 Å². The lowest BCUT2D eigenvalue weighted by Crippen LogP contribution is -2.04. The zero-order valence-corrected chi connectivity index (χ0v) is 10.0.